The third-order valence-electron chi connectivity index (χ3n) is 8.71. The van der Waals surface area contributed by atoms with Crippen LogP contribution in [0.3, 0.4) is 0 Å². The Morgan fingerprint density at radius 2 is 1.72 bits per heavy atom. The number of primary amides is 1. The summed E-state index contributed by atoms with van der Waals surface area (Å²) in [5.41, 5.74) is 2.93. The van der Waals surface area contributed by atoms with E-state index in [1.807, 2.05) is 41.8 Å². The molecule has 3 atom stereocenters. The molecular weight excluding hydrogens is 632 g/mol. The number of hydrogen-bond donors (Lipinski definition) is 2. The maximum absolute atomic E-state index is 14.2. The van der Waals surface area contributed by atoms with Gasteiger partial charge in [0.25, 0.3) is 5.91 Å². The molecule has 2 fully saturated rings. The van der Waals surface area contributed by atoms with Crippen molar-refractivity contribution in [2.45, 2.75) is 69.1 Å². The number of piperazine rings is 1. The van der Waals surface area contributed by atoms with Crippen molar-refractivity contribution in [1.29, 1.82) is 0 Å². The minimum absolute atomic E-state index is 0.0394. The van der Waals surface area contributed by atoms with Gasteiger partial charge in [0.15, 0.2) is 5.69 Å². The summed E-state index contributed by atoms with van der Waals surface area (Å²) in [5, 5.41) is 3.18. The van der Waals surface area contributed by atoms with Gasteiger partial charge >= 0.3 is 18.4 Å². The van der Waals surface area contributed by atoms with Gasteiger partial charge in [-0.05, 0) is 44.4 Å². The van der Waals surface area contributed by atoms with Crippen molar-refractivity contribution in [2.24, 2.45) is 5.73 Å². The lowest BCUT2D eigenvalue weighted by Crippen LogP contribution is -2.54. The first kappa shape index (κ1) is 34.1. The molecule has 9 nitrogen and oxygen atoms in total. The zero-order valence-electron chi connectivity index (χ0n) is 25.5. The predicted octanol–water partition coefficient (Wildman–Crippen LogP) is 6.44. The molecule has 0 spiro atoms. The van der Waals surface area contributed by atoms with Gasteiger partial charge < -0.3 is 30.0 Å². The van der Waals surface area contributed by atoms with Crippen LogP contribution in [0.1, 0.15) is 66.7 Å². The van der Waals surface area contributed by atoms with Crippen LogP contribution < -0.4 is 15.8 Å². The molecule has 254 valence electrons. The van der Waals surface area contributed by atoms with E-state index in [9.17, 15) is 35.9 Å². The average molecular weight is 668 g/mol. The Morgan fingerprint density at radius 1 is 1.04 bits per heavy atom. The van der Waals surface area contributed by atoms with Crippen molar-refractivity contribution in [3.8, 4) is 17.0 Å². The number of aromatic nitrogens is 2. The van der Waals surface area contributed by atoms with Crippen molar-refractivity contribution < 1.29 is 45.4 Å². The summed E-state index contributed by atoms with van der Waals surface area (Å²) in [6.45, 7) is 2.62. The van der Waals surface area contributed by atoms with Crippen LogP contribution in [0.5, 0.6) is 5.75 Å². The number of amides is 2. The minimum Gasteiger partial charge on any atom is -0.493 e. The van der Waals surface area contributed by atoms with Gasteiger partial charge in [-0.25, -0.2) is 9.78 Å². The molecule has 5 rings (SSSR count). The van der Waals surface area contributed by atoms with Crippen molar-refractivity contribution in [3.05, 3.63) is 71.7 Å². The van der Waals surface area contributed by atoms with Gasteiger partial charge in [-0.3, -0.25) is 4.79 Å². The SMILES string of the molecule is C[C@]1(OC(N)=O)CCCC[C@@H]1n1cnc(C(=O)N2CCNC[C@H]2CCOc2cc(C(F)(F)F)cc(C(F)(F)F)c2)c1-c1ccccc1. The summed E-state index contributed by atoms with van der Waals surface area (Å²) >= 11 is 0. The van der Waals surface area contributed by atoms with Crippen LogP contribution in [0.2, 0.25) is 0 Å². The third-order valence-corrected chi connectivity index (χ3v) is 8.71. The normalized spacial score (nSPS) is 22.1. The Kier molecular flexibility index (Phi) is 9.75. The van der Waals surface area contributed by atoms with E-state index in [0.717, 1.165) is 12.8 Å². The zero-order chi connectivity index (χ0) is 34.0. The number of carbonyl (C=O) groups excluding carboxylic acids is 2. The van der Waals surface area contributed by atoms with Gasteiger partial charge in [0, 0.05) is 37.7 Å². The largest absolute Gasteiger partial charge is 0.493 e. The fraction of sp³-hybridized carbons (Fsp3) is 0.469. The summed E-state index contributed by atoms with van der Waals surface area (Å²) < 4.78 is 92.8. The number of halogens is 6. The molecule has 2 amide bonds. The van der Waals surface area contributed by atoms with E-state index in [1.54, 1.807) is 11.2 Å². The van der Waals surface area contributed by atoms with Crippen LogP contribution in [0.25, 0.3) is 11.3 Å². The molecule has 1 aliphatic heterocycles. The van der Waals surface area contributed by atoms with Crippen LogP contribution in [-0.4, -0.2) is 64.3 Å². The van der Waals surface area contributed by atoms with E-state index < -0.39 is 52.9 Å². The van der Waals surface area contributed by atoms with Gasteiger partial charge in [0.05, 0.1) is 35.8 Å². The molecule has 1 aromatic heterocycles. The number of carbonyl (C=O) groups is 2. The average Bonchev–Trinajstić information content (AvgIpc) is 3.45. The zero-order valence-corrected chi connectivity index (χ0v) is 25.5. The van der Waals surface area contributed by atoms with Gasteiger partial charge in [-0.2, -0.15) is 26.3 Å². The van der Waals surface area contributed by atoms with Crippen LogP contribution in [0.4, 0.5) is 31.1 Å². The monoisotopic (exact) mass is 667 g/mol. The quantitative estimate of drug-likeness (QED) is 0.268. The first-order chi connectivity index (χ1) is 22.2. The second-order valence-electron chi connectivity index (χ2n) is 11.9. The number of nitrogens with two attached hydrogens (primary N) is 1. The highest BCUT2D eigenvalue weighted by Crippen LogP contribution is 2.43. The van der Waals surface area contributed by atoms with Crippen molar-refractivity contribution in [2.75, 3.05) is 26.2 Å². The lowest BCUT2D eigenvalue weighted by Gasteiger charge is -2.41. The van der Waals surface area contributed by atoms with E-state index in [0.29, 0.717) is 49.3 Å². The molecule has 2 aliphatic rings. The van der Waals surface area contributed by atoms with Crippen LogP contribution >= 0.6 is 0 Å². The summed E-state index contributed by atoms with van der Waals surface area (Å²) in [6, 6.07) is 9.38. The fourth-order valence-corrected chi connectivity index (χ4v) is 6.45. The summed E-state index contributed by atoms with van der Waals surface area (Å²) in [4.78, 5) is 32.2. The standard InChI is InChI=1S/C32H35F6N5O4/c1-30(47-29(39)45)11-6-5-9-25(30)43-19-41-26(27(43)20-7-3-2-4-8-20)28(44)42-13-12-40-18-23(42)10-14-46-24-16-21(31(33,34)35)15-22(17-24)32(36,37)38/h2-4,7-8,15-17,19,23,25,40H,5-6,9-14,18H2,1H3,(H2,39,45)/t23-,25+,30+/m1/s1. The first-order valence-electron chi connectivity index (χ1n) is 15.2. The molecule has 1 aliphatic carbocycles. The molecule has 15 heteroatoms. The highest BCUT2D eigenvalue weighted by atomic mass is 19.4. The summed E-state index contributed by atoms with van der Waals surface area (Å²) in [5.74, 6) is -0.978. The lowest BCUT2D eigenvalue weighted by molar-refractivity contribution is -0.143. The number of imidazole rings is 1. The van der Waals surface area contributed by atoms with Gasteiger partial charge in [0.2, 0.25) is 0 Å². The molecule has 47 heavy (non-hydrogen) atoms. The topological polar surface area (TPSA) is 112 Å². The number of rotatable bonds is 8. The van der Waals surface area contributed by atoms with Crippen LogP contribution in [0.15, 0.2) is 54.9 Å². The Labute approximate surface area is 267 Å². The Bertz CT molecular complexity index is 1550. The lowest BCUT2D eigenvalue weighted by atomic mass is 9.81. The molecule has 0 bridgehead atoms. The summed E-state index contributed by atoms with van der Waals surface area (Å²) in [6.07, 6.45) is -6.35. The van der Waals surface area contributed by atoms with E-state index in [-0.39, 0.29) is 37.4 Å². The predicted molar refractivity (Wildman–Crippen MR) is 158 cm³/mol. The molecule has 3 aromatic rings. The van der Waals surface area contributed by atoms with Crippen LogP contribution in [-0.2, 0) is 17.1 Å². The summed E-state index contributed by atoms with van der Waals surface area (Å²) in [7, 11) is 0. The molecule has 2 heterocycles. The van der Waals surface area contributed by atoms with Crippen LogP contribution in [0, 0.1) is 0 Å². The number of nitrogens with one attached hydrogen (secondary N) is 1. The van der Waals surface area contributed by atoms with Crippen molar-refractivity contribution >= 4 is 12.0 Å². The van der Waals surface area contributed by atoms with E-state index in [1.165, 1.54) is 0 Å². The smallest absolute Gasteiger partial charge is 0.416 e. The highest BCUT2D eigenvalue weighted by molar-refractivity contribution is 5.98. The van der Waals surface area contributed by atoms with Crippen molar-refractivity contribution in [1.82, 2.24) is 19.8 Å². The Hall–Kier alpha value is -4.27. The minimum atomic E-state index is -5.00. The van der Waals surface area contributed by atoms with E-state index in [4.69, 9.17) is 15.2 Å². The highest BCUT2D eigenvalue weighted by Gasteiger charge is 2.43. The number of hydrogen-bond acceptors (Lipinski definition) is 6. The Morgan fingerprint density at radius 3 is 2.36 bits per heavy atom. The van der Waals surface area contributed by atoms with Gasteiger partial charge in [-0.15, -0.1) is 0 Å². The maximum atomic E-state index is 14.2. The third kappa shape index (κ3) is 7.66. The molecule has 2 aromatic carbocycles. The van der Waals surface area contributed by atoms with Gasteiger partial charge in [-0.1, -0.05) is 36.8 Å². The Balaban J connectivity index is 1.41. The molecule has 0 radical (unpaired) electrons. The van der Waals surface area contributed by atoms with Gasteiger partial charge in [0.1, 0.15) is 11.4 Å². The van der Waals surface area contributed by atoms with Crippen molar-refractivity contribution in [3.63, 3.8) is 0 Å². The number of ether oxygens (including phenoxy) is 2. The first-order valence-corrected chi connectivity index (χ1v) is 15.2. The number of nitrogens with zero attached hydrogens (tertiary/aromatic N) is 3. The molecule has 1 saturated heterocycles. The second kappa shape index (κ2) is 13.5. The number of benzene rings is 2. The molecule has 3 N–H and O–H groups in total. The fourth-order valence-electron chi connectivity index (χ4n) is 6.45. The van der Waals surface area contributed by atoms with E-state index >= 15 is 0 Å². The molecular formula is C32H35F6N5O4. The molecule has 1 saturated carbocycles. The molecule has 0 unspecified atom stereocenters. The second-order valence-corrected chi connectivity index (χ2v) is 11.9. The number of alkyl halides is 6. The van der Waals surface area contributed by atoms with E-state index in [2.05, 4.69) is 10.3 Å². The maximum Gasteiger partial charge on any atom is 0.416 e.